The van der Waals surface area contributed by atoms with E-state index >= 15 is 0 Å². The van der Waals surface area contributed by atoms with Gasteiger partial charge in [0.2, 0.25) is 6.79 Å². The van der Waals surface area contributed by atoms with Crippen LogP contribution < -0.4 is 9.47 Å². The van der Waals surface area contributed by atoms with Gasteiger partial charge < -0.3 is 24.2 Å². The number of carbonyl (C=O) groups is 2. The molecule has 7 heteroatoms. The van der Waals surface area contributed by atoms with E-state index in [0.717, 1.165) is 5.56 Å². The van der Waals surface area contributed by atoms with E-state index in [1.54, 1.807) is 11.0 Å². The molecule has 3 rings (SSSR count). The Labute approximate surface area is 150 Å². The molecule has 0 unspecified atom stereocenters. The predicted octanol–water partition coefficient (Wildman–Crippen LogP) is 2.33. The van der Waals surface area contributed by atoms with Crippen molar-refractivity contribution in [3.05, 3.63) is 53.6 Å². The van der Waals surface area contributed by atoms with Crippen LogP contribution in [0.4, 0.5) is 0 Å². The van der Waals surface area contributed by atoms with E-state index in [1.165, 1.54) is 24.3 Å². The lowest BCUT2D eigenvalue weighted by molar-refractivity contribution is -0.134. The molecule has 0 bridgehead atoms. The minimum absolute atomic E-state index is 0.0382. The second-order valence-electron chi connectivity index (χ2n) is 5.72. The van der Waals surface area contributed by atoms with Gasteiger partial charge in [0.1, 0.15) is 5.75 Å². The minimum Gasteiger partial charge on any atom is -0.508 e. The highest BCUT2D eigenvalue weighted by Crippen LogP contribution is 2.32. The third-order valence-electron chi connectivity index (χ3n) is 3.95. The summed E-state index contributed by atoms with van der Waals surface area (Å²) in [7, 11) is 0. The Morgan fingerprint density at radius 1 is 1.15 bits per heavy atom. The van der Waals surface area contributed by atoms with Gasteiger partial charge >= 0.3 is 5.97 Å². The number of rotatable bonds is 6. The molecule has 1 heterocycles. The van der Waals surface area contributed by atoms with Gasteiger partial charge in [-0.3, -0.25) is 4.79 Å². The molecule has 1 amide bonds. The van der Waals surface area contributed by atoms with Crippen LogP contribution in [0.3, 0.4) is 0 Å². The second kappa shape index (κ2) is 7.77. The molecule has 0 aliphatic carbocycles. The summed E-state index contributed by atoms with van der Waals surface area (Å²) >= 11 is 0. The zero-order valence-corrected chi connectivity index (χ0v) is 14.3. The van der Waals surface area contributed by atoms with Crippen LogP contribution >= 0.6 is 0 Å². The number of phenolic OH excluding ortho intramolecular Hbond substituents is 1. The lowest BCUT2D eigenvalue weighted by atomic mass is 10.2. The number of likely N-dealkylation sites (N-methyl/N-ethyl adjacent to an activating group) is 1. The second-order valence-corrected chi connectivity index (χ2v) is 5.72. The fraction of sp³-hybridized carbons (Fsp3) is 0.263. The Morgan fingerprint density at radius 2 is 1.96 bits per heavy atom. The molecule has 0 saturated carbocycles. The van der Waals surface area contributed by atoms with Crippen molar-refractivity contribution in [3.8, 4) is 17.2 Å². The van der Waals surface area contributed by atoms with Crippen molar-refractivity contribution in [1.29, 1.82) is 0 Å². The third-order valence-corrected chi connectivity index (χ3v) is 3.95. The Hall–Kier alpha value is -3.22. The number of phenols is 1. The quantitative estimate of drug-likeness (QED) is 0.799. The van der Waals surface area contributed by atoms with Crippen molar-refractivity contribution < 1.29 is 28.9 Å². The summed E-state index contributed by atoms with van der Waals surface area (Å²) in [5.41, 5.74) is 1.08. The predicted molar refractivity (Wildman–Crippen MR) is 92.0 cm³/mol. The summed E-state index contributed by atoms with van der Waals surface area (Å²) in [5.74, 6) is 0.334. The van der Waals surface area contributed by atoms with Crippen LogP contribution in [0.5, 0.6) is 17.2 Å². The van der Waals surface area contributed by atoms with Gasteiger partial charge in [0, 0.05) is 13.1 Å². The van der Waals surface area contributed by atoms with Gasteiger partial charge in [0.25, 0.3) is 5.91 Å². The van der Waals surface area contributed by atoms with Gasteiger partial charge in [-0.05, 0) is 42.8 Å². The fourth-order valence-corrected chi connectivity index (χ4v) is 2.57. The molecule has 0 aromatic heterocycles. The molecule has 1 aliphatic rings. The van der Waals surface area contributed by atoms with Gasteiger partial charge in [-0.1, -0.05) is 12.1 Å². The Kier molecular flexibility index (Phi) is 5.26. The summed E-state index contributed by atoms with van der Waals surface area (Å²) in [4.78, 5) is 25.9. The first-order valence-electron chi connectivity index (χ1n) is 8.19. The Balaban J connectivity index is 1.57. The van der Waals surface area contributed by atoms with Crippen molar-refractivity contribution in [2.45, 2.75) is 13.5 Å². The number of carbonyl (C=O) groups excluding carboxylic acids is 2. The smallest absolute Gasteiger partial charge is 0.338 e. The normalized spacial score (nSPS) is 11.9. The molecule has 0 spiro atoms. The topological polar surface area (TPSA) is 85.3 Å². The summed E-state index contributed by atoms with van der Waals surface area (Å²) in [5, 5.41) is 9.39. The number of hydrogen-bond acceptors (Lipinski definition) is 6. The van der Waals surface area contributed by atoms with Crippen LogP contribution in [-0.2, 0) is 16.1 Å². The van der Waals surface area contributed by atoms with Gasteiger partial charge in [-0.2, -0.15) is 0 Å². The molecule has 26 heavy (non-hydrogen) atoms. The number of benzene rings is 2. The average Bonchev–Trinajstić information content (AvgIpc) is 3.11. The van der Waals surface area contributed by atoms with Crippen LogP contribution in [0.25, 0.3) is 0 Å². The first-order chi connectivity index (χ1) is 12.6. The van der Waals surface area contributed by atoms with Gasteiger partial charge in [-0.25, -0.2) is 4.79 Å². The molecule has 136 valence electrons. The highest BCUT2D eigenvalue weighted by atomic mass is 16.7. The molecule has 2 aromatic carbocycles. The zero-order chi connectivity index (χ0) is 18.5. The lowest BCUT2D eigenvalue weighted by Crippen LogP contribution is -2.34. The molecule has 2 aromatic rings. The van der Waals surface area contributed by atoms with Gasteiger partial charge in [-0.15, -0.1) is 0 Å². The number of esters is 1. The van der Waals surface area contributed by atoms with Crippen molar-refractivity contribution in [3.63, 3.8) is 0 Å². The standard InChI is InChI=1S/C19H19NO6/c1-2-20(10-13-6-7-16-17(8-13)26-12-25-16)18(22)11-24-19(23)14-4-3-5-15(21)9-14/h3-9,21H,2,10-12H2,1H3. The monoisotopic (exact) mass is 357 g/mol. The maximum atomic E-state index is 12.4. The summed E-state index contributed by atoms with van der Waals surface area (Å²) in [6.07, 6.45) is 0. The van der Waals surface area contributed by atoms with Gasteiger partial charge in [0.15, 0.2) is 18.1 Å². The van der Waals surface area contributed by atoms with Crippen molar-refractivity contribution >= 4 is 11.9 Å². The van der Waals surface area contributed by atoms with E-state index in [1.807, 2.05) is 19.1 Å². The van der Waals surface area contributed by atoms with Crippen LogP contribution in [0.2, 0.25) is 0 Å². The molecule has 0 fully saturated rings. The summed E-state index contributed by atoms with van der Waals surface area (Å²) < 4.78 is 15.7. The van der Waals surface area contributed by atoms with E-state index in [2.05, 4.69) is 0 Å². The molecule has 1 N–H and O–H groups in total. The largest absolute Gasteiger partial charge is 0.508 e. The molecule has 0 atom stereocenters. The first-order valence-corrected chi connectivity index (χ1v) is 8.19. The lowest BCUT2D eigenvalue weighted by Gasteiger charge is -2.21. The molecular formula is C19H19NO6. The highest BCUT2D eigenvalue weighted by molar-refractivity contribution is 5.91. The molecule has 1 aliphatic heterocycles. The van der Waals surface area contributed by atoms with E-state index in [-0.39, 0.29) is 30.6 Å². The first kappa shape index (κ1) is 17.6. The maximum absolute atomic E-state index is 12.4. The number of nitrogens with zero attached hydrogens (tertiary/aromatic N) is 1. The highest BCUT2D eigenvalue weighted by Gasteiger charge is 2.18. The fourth-order valence-electron chi connectivity index (χ4n) is 2.57. The van der Waals surface area contributed by atoms with Crippen molar-refractivity contribution in [2.24, 2.45) is 0 Å². The van der Waals surface area contributed by atoms with Crippen molar-refractivity contribution in [1.82, 2.24) is 4.90 Å². The Morgan fingerprint density at radius 3 is 2.73 bits per heavy atom. The molecule has 0 radical (unpaired) electrons. The van der Waals surface area contributed by atoms with E-state index < -0.39 is 5.97 Å². The van der Waals surface area contributed by atoms with Gasteiger partial charge in [0.05, 0.1) is 5.56 Å². The molecule has 0 saturated heterocycles. The van der Waals surface area contributed by atoms with Crippen LogP contribution in [0.1, 0.15) is 22.8 Å². The SMILES string of the molecule is CCN(Cc1ccc2c(c1)OCO2)C(=O)COC(=O)c1cccc(O)c1. The summed E-state index contributed by atoms with van der Waals surface area (Å²) in [6, 6.07) is 11.3. The van der Waals surface area contributed by atoms with Crippen LogP contribution in [0.15, 0.2) is 42.5 Å². The average molecular weight is 357 g/mol. The summed E-state index contributed by atoms with van der Waals surface area (Å²) in [6.45, 7) is 2.52. The van der Waals surface area contributed by atoms with Crippen molar-refractivity contribution in [2.75, 3.05) is 19.9 Å². The number of amides is 1. The Bertz CT molecular complexity index is 819. The third kappa shape index (κ3) is 4.05. The number of ether oxygens (including phenoxy) is 3. The van der Waals surface area contributed by atoms with Crippen LogP contribution in [0, 0.1) is 0 Å². The number of hydrogen-bond donors (Lipinski definition) is 1. The van der Waals surface area contributed by atoms with E-state index in [9.17, 15) is 14.7 Å². The van der Waals surface area contributed by atoms with E-state index in [4.69, 9.17) is 14.2 Å². The zero-order valence-electron chi connectivity index (χ0n) is 14.3. The molecule has 7 nitrogen and oxygen atoms in total. The minimum atomic E-state index is -0.659. The number of aromatic hydroxyl groups is 1. The van der Waals surface area contributed by atoms with Crippen LogP contribution in [-0.4, -0.2) is 41.8 Å². The maximum Gasteiger partial charge on any atom is 0.338 e. The molecular weight excluding hydrogens is 338 g/mol. The number of fused-ring (bicyclic) bond motifs is 1. The van der Waals surface area contributed by atoms with E-state index in [0.29, 0.717) is 24.6 Å².